The van der Waals surface area contributed by atoms with E-state index in [1.807, 2.05) is 0 Å². The summed E-state index contributed by atoms with van der Waals surface area (Å²) in [7, 11) is 1.44. The third-order valence-corrected chi connectivity index (χ3v) is 8.47. The molecule has 3 heterocycles. The molecule has 4 unspecified atom stereocenters. The van der Waals surface area contributed by atoms with E-state index in [9.17, 15) is 37.1 Å². The molecule has 14 heteroatoms. The number of methoxy groups -OCH3 is 1. The highest BCUT2D eigenvalue weighted by Gasteiger charge is 2.51. The molecule has 4 atom stereocenters. The summed E-state index contributed by atoms with van der Waals surface area (Å²) in [6.07, 6.45) is -4.68. The molecule has 0 aliphatic carbocycles. The normalized spacial score (nSPS) is 20.6. The van der Waals surface area contributed by atoms with Crippen molar-refractivity contribution in [3.8, 4) is 5.75 Å². The van der Waals surface area contributed by atoms with Gasteiger partial charge < -0.3 is 30.6 Å². The van der Waals surface area contributed by atoms with Crippen molar-refractivity contribution in [3.05, 3.63) is 65.9 Å². The zero-order chi connectivity index (χ0) is 33.0. The number of likely N-dealkylation sites (tertiary alicyclic amines) is 1. The number of ketones is 1. The van der Waals surface area contributed by atoms with Crippen molar-refractivity contribution >= 4 is 40.3 Å². The van der Waals surface area contributed by atoms with Crippen LogP contribution >= 0.6 is 0 Å². The summed E-state index contributed by atoms with van der Waals surface area (Å²) in [6, 6.07) is 12.1. The molecule has 0 spiro atoms. The average Bonchev–Trinajstić information content (AvgIpc) is 3.70. The SMILES string of the molecule is COc1cccc2[nH]c(C(=O)N3CC(C(F)(F)F)CC3C(=O)NC(CC3CCCNC3=O)C(=O)C(=O)NCc3ccccc3)cc12. The Morgan fingerprint density at radius 2 is 1.85 bits per heavy atom. The summed E-state index contributed by atoms with van der Waals surface area (Å²) in [4.78, 5) is 69.9. The second-order valence-electron chi connectivity index (χ2n) is 11.5. The van der Waals surface area contributed by atoms with E-state index in [0.29, 0.717) is 41.6 Å². The highest BCUT2D eigenvalue weighted by molar-refractivity contribution is 6.38. The second kappa shape index (κ2) is 13.6. The molecule has 2 aromatic carbocycles. The first-order valence-corrected chi connectivity index (χ1v) is 14.9. The maximum atomic E-state index is 13.9. The summed E-state index contributed by atoms with van der Waals surface area (Å²) in [5.74, 6) is -6.57. The smallest absolute Gasteiger partial charge is 0.393 e. The lowest BCUT2D eigenvalue weighted by molar-refractivity contribution is -0.170. The first kappa shape index (κ1) is 32.5. The van der Waals surface area contributed by atoms with E-state index in [4.69, 9.17) is 4.74 Å². The lowest BCUT2D eigenvalue weighted by atomic mass is 9.89. The lowest BCUT2D eigenvalue weighted by Gasteiger charge is -2.28. The summed E-state index contributed by atoms with van der Waals surface area (Å²) in [5.41, 5.74) is 1.17. The first-order valence-electron chi connectivity index (χ1n) is 14.9. The van der Waals surface area contributed by atoms with Crippen molar-refractivity contribution in [2.45, 2.75) is 50.5 Å². The van der Waals surface area contributed by atoms with Crippen LogP contribution in [-0.2, 0) is 25.7 Å². The van der Waals surface area contributed by atoms with Gasteiger partial charge in [0, 0.05) is 36.5 Å². The number of Topliss-reactive ketones (excluding diaryl/α,β-unsaturated/α-hetero) is 1. The monoisotopic (exact) mass is 641 g/mol. The Morgan fingerprint density at radius 1 is 1.09 bits per heavy atom. The highest BCUT2D eigenvalue weighted by Crippen LogP contribution is 2.38. The van der Waals surface area contributed by atoms with E-state index in [1.54, 1.807) is 48.5 Å². The van der Waals surface area contributed by atoms with Crippen LogP contribution in [0.4, 0.5) is 13.2 Å². The van der Waals surface area contributed by atoms with Gasteiger partial charge in [-0.2, -0.15) is 13.2 Å². The van der Waals surface area contributed by atoms with E-state index in [-0.39, 0.29) is 24.6 Å². The molecular formula is C32H34F3N5O6. The number of hydrogen-bond donors (Lipinski definition) is 4. The van der Waals surface area contributed by atoms with E-state index in [2.05, 4.69) is 20.9 Å². The van der Waals surface area contributed by atoms with Gasteiger partial charge in [-0.1, -0.05) is 36.4 Å². The fourth-order valence-corrected chi connectivity index (χ4v) is 5.99. The number of alkyl halides is 3. The van der Waals surface area contributed by atoms with E-state index in [0.717, 1.165) is 4.90 Å². The zero-order valence-corrected chi connectivity index (χ0v) is 25.0. The van der Waals surface area contributed by atoms with Crippen LogP contribution < -0.4 is 20.7 Å². The molecule has 0 radical (unpaired) electrons. The van der Waals surface area contributed by atoms with E-state index in [1.165, 1.54) is 13.2 Å². The van der Waals surface area contributed by atoms with Crippen LogP contribution in [0.5, 0.6) is 5.75 Å². The molecule has 0 bridgehead atoms. The molecule has 3 aromatic rings. The Balaban J connectivity index is 1.38. The van der Waals surface area contributed by atoms with Crippen LogP contribution in [0.2, 0.25) is 0 Å². The molecule has 2 aliphatic heterocycles. The molecule has 46 heavy (non-hydrogen) atoms. The van der Waals surface area contributed by atoms with Gasteiger partial charge in [0.05, 0.1) is 19.1 Å². The number of H-pyrrole nitrogens is 1. The fraction of sp³-hybridized carbons (Fsp3) is 0.406. The molecule has 0 saturated carbocycles. The number of ether oxygens (including phenoxy) is 1. The summed E-state index contributed by atoms with van der Waals surface area (Å²) in [6.45, 7) is -0.326. The number of fused-ring (bicyclic) bond motifs is 1. The topological polar surface area (TPSA) is 150 Å². The van der Waals surface area contributed by atoms with Gasteiger partial charge in [0.1, 0.15) is 17.5 Å². The van der Waals surface area contributed by atoms with Gasteiger partial charge in [0.2, 0.25) is 17.6 Å². The van der Waals surface area contributed by atoms with Crippen molar-refractivity contribution in [2.24, 2.45) is 11.8 Å². The quantitative estimate of drug-likeness (QED) is 0.250. The Morgan fingerprint density at radius 3 is 2.54 bits per heavy atom. The largest absolute Gasteiger partial charge is 0.496 e. The summed E-state index contributed by atoms with van der Waals surface area (Å²) >= 11 is 0. The van der Waals surface area contributed by atoms with Crippen LogP contribution in [0.3, 0.4) is 0 Å². The van der Waals surface area contributed by atoms with Gasteiger partial charge in [0.25, 0.3) is 11.8 Å². The molecule has 244 valence electrons. The van der Waals surface area contributed by atoms with Crippen molar-refractivity contribution in [1.82, 2.24) is 25.8 Å². The standard InChI is InChI=1S/C32H34F3N5O6/c1-46-26-11-5-10-22-21(26)15-24(38-22)31(45)40-17-20(32(33,34)35)14-25(40)29(43)39-23(13-19-9-6-12-36-28(19)42)27(41)30(44)37-16-18-7-3-2-4-8-18/h2-5,7-8,10-11,15,19-20,23,25,38H,6,9,12-14,16-17H2,1H3,(H,36,42)(H,37,44)(H,39,43). The van der Waals surface area contributed by atoms with Gasteiger partial charge in [-0.3, -0.25) is 24.0 Å². The number of aromatic amines is 1. The first-order chi connectivity index (χ1) is 22.0. The molecule has 1 aromatic heterocycles. The molecule has 5 rings (SSSR count). The average molecular weight is 642 g/mol. The Kier molecular flexibility index (Phi) is 9.63. The number of amides is 4. The molecular weight excluding hydrogens is 607 g/mol. The number of piperidine rings is 1. The number of rotatable bonds is 10. The van der Waals surface area contributed by atoms with E-state index < -0.39 is 66.6 Å². The minimum Gasteiger partial charge on any atom is -0.496 e. The summed E-state index contributed by atoms with van der Waals surface area (Å²) in [5, 5.41) is 8.15. The predicted octanol–water partition coefficient (Wildman–Crippen LogP) is 2.86. The molecule has 4 N–H and O–H groups in total. The van der Waals surface area contributed by atoms with Crippen LogP contribution in [0.1, 0.15) is 41.7 Å². The van der Waals surface area contributed by atoms with Gasteiger partial charge in [-0.25, -0.2) is 0 Å². The third kappa shape index (κ3) is 7.16. The fourth-order valence-electron chi connectivity index (χ4n) is 5.99. The van der Waals surface area contributed by atoms with Crippen molar-refractivity contribution in [3.63, 3.8) is 0 Å². The number of benzene rings is 2. The van der Waals surface area contributed by atoms with Gasteiger partial charge >= 0.3 is 6.18 Å². The van der Waals surface area contributed by atoms with Crippen molar-refractivity contribution in [2.75, 3.05) is 20.2 Å². The molecule has 11 nitrogen and oxygen atoms in total. The lowest BCUT2D eigenvalue weighted by Crippen LogP contribution is -2.54. The Bertz CT molecular complexity index is 1630. The van der Waals surface area contributed by atoms with Gasteiger partial charge in [-0.15, -0.1) is 0 Å². The minimum atomic E-state index is -4.70. The number of nitrogens with one attached hydrogen (secondary N) is 4. The number of halogens is 3. The maximum Gasteiger partial charge on any atom is 0.393 e. The summed E-state index contributed by atoms with van der Waals surface area (Å²) < 4.78 is 47.1. The highest BCUT2D eigenvalue weighted by atomic mass is 19.4. The van der Waals surface area contributed by atoms with Gasteiger partial charge in [-0.05, 0) is 49.4 Å². The van der Waals surface area contributed by atoms with Gasteiger partial charge in [0.15, 0.2) is 0 Å². The number of carbonyl (C=O) groups is 5. The molecule has 2 saturated heterocycles. The minimum absolute atomic E-state index is 0.0173. The van der Waals surface area contributed by atoms with Crippen LogP contribution in [0, 0.1) is 11.8 Å². The Labute approximate surface area is 262 Å². The van der Waals surface area contributed by atoms with Crippen LogP contribution in [0.15, 0.2) is 54.6 Å². The molecule has 2 fully saturated rings. The number of hydrogen-bond acceptors (Lipinski definition) is 6. The maximum absolute atomic E-state index is 13.9. The Hall–Kier alpha value is -4.88. The number of aromatic nitrogens is 1. The second-order valence-corrected chi connectivity index (χ2v) is 11.5. The molecule has 2 aliphatic rings. The van der Waals surface area contributed by atoms with Crippen molar-refractivity contribution < 1.29 is 41.9 Å². The molecule has 4 amide bonds. The van der Waals surface area contributed by atoms with Crippen molar-refractivity contribution in [1.29, 1.82) is 0 Å². The predicted molar refractivity (Wildman–Crippen MR) is 159 cm³/mol. The van der Waals surface area contributed by atoms with Crippen LogP contribution in [-0.4, -0.2) is 77.8 Å². The van der Waals surface area contributed by atoms with Crippen LogP contribution in [0.25, 0.3) is 10.9 Å². The third-order valence-electron chi connectivity index (χ3n) is 8.47. The number of carbonyl (C=O) groups excluding carboxylic acids is 5. The zero-order valence-electron chi connectivity index (χ0n) is 25.0. The van der Waals surface area contributed by atoms with E-state index >= 15 is 0 Å². The number of nitrogens with zero attached hydrogens (tertiary/aromatic N) is 1.